The molecular weight excluding hydrogens is 356 g/mol. The fraction of sp³-hybridized carbons (Fsp3) is 0.0476. The van der Waals surface area contributed by atoms with Gasteiger partial charge in [-0.25, -0.2) is 4.98 Å². The second-order valence-corrected chi connectivity index (χ2v) is 6.40. The highest BCUT2D eigenvalue weighted by Crippen LogP contribution is 2.24. The van der Waals surface area contributed by atoms with E-state index in [1.807, 2.05) is 36.4 Å². The highest BCUT2D eigenvalue weighted by atomic mass is 16.6. The summed E-state index contributed by atoms with van der Waals surface area (Å²) in [4.78, 5) is 30.9. The maximum Gasteiger partial charge on any atom is 0.273 e. The first-order valence-corrected chi connectivity index (χ1v) is 8.63. The summed E-state index contributed by atoms with van der Waals surface area (Å²) in [5.41, 5.74) is 3.84. The second kappa shape index (κ2) is 6.96. The van der Waals surface area contributed by atoms with Crippen molar-refractivity contribution in [2.24, 2.45) is 0 Å². The van der Waals surface area contributed by atoms with Crippen molar-refractivity contribution in [1.29, 1.82) is 0 Å². The number of rotatable bonds is 4. The Kier molecular flexibility index (Phi) is 4.33. The van der Waals surface area contributed by atoms with Crippen molar-refractivity contribution in [3.05, 3.63) is 88.0 Å². The van der Waals surface area contributed by atoms with Crippen LogP contribution in [0, 0.1) is 17.0 Å². The molecule has 28 heavy (non-hydrogen) atoms. The van der Waals surface area contributed by atoms with Crippen LogP contribution in [0.1, 0.15) is 15.9 Å². The minimum absolute atomic E-state index is 0.0799. The van der Waals surface area contributed by atoms with E-state index < -0.39 is 10.8 Å². The molecule has 3 aromatic carbocycles. The topological polar surface area (TPSA) is 101 Å². The van der Waals surface area contributed by atoms with Crippen molar-refractivity contribution in [3.8, 4) is 11.4 Å². The Morgan fingerprint density at radius 3 is 2.68 bits per heavy atom. The van der Waals surface area contributed by atoms with Crippen LogP contribution in [0.15, 0.2) is 66.7 Å². The molecule has 0 bridgehead atoms. The van der Waals surface area contributed by atoms with Crippen LogP contribution in [-0.2, 0) is 0 Å². The maximum absolute atomic E-state index is 12.5. The molecule has 7 nitrogen and oxygen atoms in total. The lowest BCUT2D eigenvalue weighted by Gasteiger charge is -2.07. The molecule has 2 N–H and O–H groups in total. The molecule has 0 radical (unpaired) electrons. The molecule has 7 heteroatoms. The molecule has 1 aromatic heterocycles. The number of carbonyl (C=O) groups excluding carboxylic acids is 1. The largest absolute Gasteiger partial charge is 0.338 e. The highest BCUT2D eigenvalue weighted by molar-refractivity contribution is 6.05. The second-order valence-electron chi connectivity index (χ2n) is 6.40. The van der Waals surface area contributed by atoms with E-state index in [4.69, 9.17) is 0 Å². The number of aryl methyl sites for hydroxylation is 1. The first-order chi connectivity index (χ1) is 13.5. The predicted molar refractivity (Wildman–Crippen MR) is 107 cm³/mol. The number of aromatic amines is 1. The number of hydrogen-bond acceptors (Lipinski definition) is 4. The van der Waals surface area contributed by atoms with Gasteiger partial charge in [0.05, 0.1) is 16.0 Å². The number of imidazole rings is 1. The van der Waals surface area contributed by atoms with Crippen LogP contribution >= 0.6 is 0 Å². The molecular formula is C21H16N4O3. The van der Waals surface area contributed by atoms with Gasteiger partial charge in [-0.3, -0.25) is 14.9 Å². The molecule has 0 atom stereocenters. The Morgan fingerprint density at radius 1 is 1.07 bits per heavy atom. The Bertz CT molecular complexity index is 1180. The molecule has 0 saturated carbocycles. The van der Waals surface area contributed by atoms with Gasteiger partial charge in [-0.2, -0.15) is 0 Å². The van der Waals surface area contributed by atoms with E-state index >= 15 is 0 Å². The third-order valence-electron chi connectivity index (χ3n) is 4.45. The molecule has 0 spiro atoms. The van der Waals surface area contributed by atoms with Gasteiger partial charge in [-0.1, -0.05) is 30.3 Å². The zero-order chi connectivity index (χ0) is 19.7. The number of nitrogens with zero attached hydrogens (tertiary/aromatic N) is 2. The summed E-state index contributed by atoms with van der Waals surface area (Å²) in [6.45, 7) is 1.64. The number of nitrogens with one attached hydrogen (secondary N) is 2. The molecule has 4 aromatic rings. The van der Waals surface area contributed by atoms with Crippen LogP contribution in [0.3, 0.4) is 0 Å². The van der Waals surface area contributed by atoms with Crippen molar-refractivity contribution < 1.29 is 9.72 Å². The number of hydrogen-bond donors (Lipinski definition) is 2. The van der Waals surface area contributed by atoms with E-state index in [1.54, 1.807) is 31.2 Å². The number of benzene rings is 3. The van der Waals surface area contributed by atoms with Gasteiger partial charge >= 0.3 is 0 Å². The molecule has 4 rings (SSSR count). The van der Waals surface area contributed by atoms with Gasteiger partial charge in [-0.15, -0.1) is 0 Å². The molecule has 1 amide bonds. The Balaban J connectivity index is 1.60. The minimum Gasteiger partial charge on any atom is -0.338 e. The highest BCUT2D eigenvalue weighted by Gasteiger charge is 2.15. The van der Waals surface area contributed by atoms with Crippen LogP contribution in [0.4, 0.5) is 11.4 Å². The van der Waals surface area contributed by atoms with Crippen molar-refractivity contribution >= 4 is 28.3 Å². The average molecular weight is 372 g/mol. The van der Waals surface area contributed by atoms with E-state index in [-0.39, 0.29) is 11.3 Å². The fourth-order valence-electron chi connectivity index (χ4n) is 2.98. The monoisotopic (exact) mass is 372 g/mol. The number of carbonyl (C=O) groups is 1. The Morgan fingerprint density at radius 2 is 1.89 bits per heavy atom. The predicted octanol–water partition coefficient (Wildman–Crippen LogP) is 4.70. The zero-order valence-electron chi connectivity index (χ0n) is 15.0. The number of aromatic nitrogens is 2. The summed E-state index contributed by atoms with van der Waals surface area (Å²) < 4.78 is 0. The zero-order valence-corrected chi connectivity index (χ0v) is 15.0. The van der Waals surface area contributed by atoms with Gasteiger partial charge in [0.25, 0.3) is 11.6 Å². The first-order valence-electron chi connectivity index (χ1n) is 8.63. The summed E-state index contributed by atoms with van der Waals surface area (Å²) in [5, 5.41) is 13.9. The number of para-hydroxylation sites is 2. The number of fused-ring (bicyclic) bond motifs is 1. The smallest absolute Gasteiger partial charge is 0.273 e. The van der Waals surface area contributed by atoms with Crippen LogP contribution in [0.5, 0.6) is 0 Å². The third-order valence-corrected chi connectivity index (χ3v) is 4.45. The van der Waals surface area contributed by atoms with Crippen molar-refractivity contribution in [2.45, 2.75) is 6.92 Å². The lowest BCUT2D eigenvalue weighted by molar-refractivity contribution is -0.385. The number of amides is 1. The van der Waals surface area contributed by atoms with Gasteiger partial charge in [0.1, 0.15) is 5.82 Å². The molecule has 0 aliphatic heterocycles. The first kappa shape index (κ1) is 17.4. The Labute approximate surface area is 160 Å². The summed E-state index contributed by atoms with van der Waals surface area (Å²) in [7, 11) is 0. The number of H-pyrrole nitrogens is 1. The summed E-state index contributed by atoms with van der Waals surface area (Å²) in [6.07, 6.45) is 0. The molecule has 0 unspecified atom stereocenters. The molecule has 0 aliphatic rings. The van der Waals surface area contributed by atoms with E-state index in [0.717, 1.165) is 16.6 Å². The molecule has 1 heterocycles. The summed E-state index contributed by atoms with van der Waals surface area (Å²) in [5.74, 6) is 0.285. The molecule has 138 valence electrons. The van der Waals surface area contributed by atoms with Gasteiger partial charge in [0.2, 0.25) is 0 Å². The number of nitro groups is 1. The number of nitro benzene ring substituents is 1. The fourth-order valence-corrected chi connectivity index (χ4v) is 2.98. The SMILES string of the molecule is Cc1ccc(C(=O)Nc2cccc(-c3nc4ccccc4[nH]3)c2)cc1[N+](=O)[O-]. The summed E-state index contributed by atoms with van der Waals surface area (Å²) in [6, 6.07) is 19.4. The van der Waals surface area contributed by atoms with E-state index in [0.29, 0.717) is 17.1 Å². The van der Waals surface area contributed by atoms with Crippen LogP contribution < -0.4 is 5.32 Å². The average Bonchev–Trinajstić information content (AvgIpc) is 3.12. The normalized spacial score (nSPS) is 10.8. The molecule has 0 saturated heterocycles. The van der Waals surface area contributed by atoms with E-state index in [9.17, 15) is 14.9 Å². The van der Waals surface area contributed by atoms with E-state index in [1.165, 1.54) is 6.07 Å². The van der Waals surface area contributed by atoms with Crippen LogP contribution in [-0.4, -0.2) is 20.8 Å². The quantitative estimate of drug-likeness (QED) is 0.400. The maximum atomic E-state index is 12.5. The molecule has 0 aliphatic carbocycles. The lowest BCUT2D eigenvalue weighted by atomic mass is 10.1. The van der Waals surface area contributed by atoms with Crippen molar-refractivity contribution in [3.63, 3.8) is 0 Å². The van der Waals surface area contributed by atoms with Gasteiger partial charge in [-0.05, 0) is 37.3 Å². The van der Waals surface area contributed by atoms with Crippen LogP contribution in [0.25, 0.3) is 22.4 Å². The Hall–Kier alpha value is -4.00. The van der Waals surface area contributed by atoms with Crippen LogP contribution in [0.2, 0.25) is 0 Å². The standard InChI is InChI=1S/C21H16N4O3/c1-13-9-10-15(12-19(13)25(27)28)21(26)22-16-6-4-5-14(11-16)20-23-17-7-2-3-8-18(17)24-20/h2-12H,1H3,(H,22,26)(H,23,24). The van der Waals surface area contributed by atoms with Gasteiger partial charge < -0.3 is 10.3 Å². The number of anilines is 1. The third kappa shape index (κ3) is 3.33. The van der Waals surface area contributed by atoms with Crippen molar-refractivity contribution in [2.75, 3.05) is 5.32 Å². The van der Waals surface area contributed by atoms with E-state index in [2.05, 4.69) is 15.3 Å². The minimum atomic E-state index is -0.492. The summed E-state index contributed by atoms with van der Waals surface area (Å²) >= 11 is 0. The van der Waals surface area contributed by atoms with Gasteiger partial charge in [0, 0.05) is 28.4 Å². The molecule has 0 fully saturated rings. The van der Waals surface area contributed by atoms with Crippen molar-refractivity contribution in [1.82, 2.24) is 9.97 Å². The van der Waals surface area contributed by atoms with Gasteiger partial charge in [0.15, 0.2) is 0 Å². The lowest BCUT2D eigenvalue weighted by Crippen LogP contribution is -2.12.